The number of nitrogens with zero attached hydrogens (tertiary/aromatic N) is 3. The second kappa shape index (κ2) is 57.0. The van der Waals surface area contributed by atoms with Crippen LogP contribution in [0.5, 0.6) is 5.75 Å². The van der Waals surface area contributed by atoms with Gasteiger partial charge in [0.2, 0.25) is 0 Å². The van der Waals surface area contributed by atoms with Crippen molar-refractivity contribution in [3.05, 3.63) is 241 Å². The molecular weight excluding hydrogens is 1720 g/mol. The van der Waals surface area contributed by atoms with Crippen molar-refractivity contribution in [2.24, 2.45) is 47.0 Å². The third kappa shape index (κ3) is 31.9. The first-order valence-electron chi connectivity index (χ1n) is 49.5. The van der Waals surface area contributed by atoms with Gasteiger partial charge in [0, 0.05) is 154 Å². The highest BCUT2D eigenvalue weighted by atomic mass is 35.5. The minimum absolute atomic E-state index is 0. The number of benzene rings is 5. The number of halogens is 1. The van der Waals surface area contributed by atoms with Crippen molar-refractivity contribution in [1.29, 1.82) is 0 Å². The zero-order valence-electron chi connectivity index (χ0n) is 80.4. The Morgan fingerprint density at radius 1 is 0.373 bits per heavy atom. The van der Waals surface area contributed by atoms with Crippen LogP contribution < -0.4 is 84.7 Å². The van der Waals surface area contributed by atoms with E-state index in [2.05, 4.69) is 67.5 Å². The molecular formula is C107H152ClN9O17. The van der Waals surface area contributed by atoms with E-state index in [4.69, 9.17) is 54.1 Å². The zero-order chi connectivity index (χ0) is 94.2. The summed E-state index contributed by atoms with van der Waals surface area (Å²) in [5.41, 5.74) is 17.5. The number of carbonyl (C=O) groups is 2. The SMILES string of the molecule is COCCCOC(c1ccccc1)C1CCCN(c2c(N[C@@H](CC3CCCCC3)[C@H](C)N)c(=O)c2=O)C1.COCCCOC(c1ccccc1)C1CCCN(c2c(N[C@@H](CC3CCCCC3)[C@H](C)NC(=O)OCc3ccccc3)c(=O)c2=O)C1.COCCCOC(c1ccccc1)C1CCCN(c2c(OC)c(=O)c2=O)C1.C[C@H](NC(=O)OCc1ccccc1)[C@@H](N)CC1CCCCC1.Cl. The standard InChI is InChI=1S/C38H51N3O6.C30H45N3O4.C21H27NO5.C18H28N2O2.ClH/c1-27(39-38(44)47-26-29-16-8-4-9-17-29)32(24-28-14-6-3-7-15-28)40-33-34(36(43)35(33)42)41-21-12-20-31(25-41)37(46-23-13-22-45-2)30-18-10-5-11-19-30;1-21(31)25(19-22-11-5-3-6-12-22)32-26-27(29(35)28(26)34)33-16-9-15-24(20-33)30(37-18-10-17-36-2)23-13-7-4-8-14-23;1-25-12-7-13-27-20(15-8-4-3-5-9-15)16-10-6-11-22(14-16)17-18(23)19(24)21(17)26-2;1-14(17(19)12-15-8-4-2-5-9-15)20-18(21)22-13-16-10-6-3-7-11-16;/h4-5,8-11,16-19,27-28,31-32,37,40H,3,6-7,12-15,20-26H2,1-2H3,(H,39,44);4,7-8,13-14,21-22,24-25,30,32H,3,5-6,9-12,15-20,31H2,1-2H3;3-5,8-9,16,20H,6-7,10-14H2,1-2H3;3,6-7,10-11,14-15,17H,2,4-5,8-9,12-13,19H2,1H3,(H,20,21);1H/t27-,31?,32-,37?;21-,24?,25-,30?;;14-,17-;/m00.0./s1. The van der Waals surface area contributed by atoms with Crippen molar-refractivity contribution >= 4 is 53.0 Å². The van der Waals surface area contributed by atoms with E-state index < -0.39 is 39.3 Å². The van der Waals surface area contributed by atoms with Crippen LogP contribution in [0.3, 0.4) is 0 Å². The van der Waals surface area contributed by atoms with Crippen LogP contribution in [0.15, 0.2) is 180 Å². The van der Waals surface area contributed by atoms with Crippen molar-refractivity contribution in [1.82, 2.24) is 10.6 Å². The van der Waals surface area contributed by atoms with Gasteiger partial charge in [-0.25, -0.2) is 9.59 Å². The maximum atomic E-state index is 13.2. The first kappa shape index (κ1) is 107. The van der Waals surface area contributed by atoms with E-state index in [0.29, 0.717) is 112 Å². The Bertz CT molecular complexity index is 4900. The molecule has 12 atom stereocenters. The maximum Gasteiger partial charge on any atom is 0.407 e. The summed E-state index contributed by atoms with van der Waals surface area (Å²) in [6.45, 7) is 14.4. The molecule has 6 aliphatic rings. The Morgan fingerprint density at radius 2 is 0.694 bits per heavy atom. The number of rotatable bonds is 44. The van der Waals surface area contributed by atoms with Crippen LogP contribution in [-0.4, -0.2) is 156 Å². The van der Waals surface area contributed by atoms with Gasteiger partial charge in [-0.15, -0.1) is 12.4 Å². The number of alkyl carbamates (subject to hydrolysis) is 2. The number of anilines is 5. The van der Waals surface area contributed by atoms with Crippen molar-refractivity contribution < 1.29 is 52.2 Å². The lowest BCUT2D eigenvalue weighted by atomic mass is 9.83. The summed E-state index contributed by atoms with van der Waals surface area (Å²) < 4.78 is 50.5. The fourth-order valence-corrected chi connectivity index (χ4v) is 20.4. The van der Waals surface area contributed by atoms with Crippen molar-refractivity contribution in [2.75, 3.05) is 133 Å². The Labute approximate surface area is 799 Å². The molecule has 26 nitrogen and oxygen atoms in total. The number of amides is 2. The molecule has 0 radical (unpaired) electrons. The summed E-state index contributed by atoms with van der Waals surface area (Å²) in [4.78, 5) is 106. The average Bonchev–Trinajstić information content (AvgIpc) is 0.759. The Hall–Kier alpha value is -9.35. The van der Waals surface area contributed by atoms with Gasteiger partial charge in [-0.2, -0.15) is 0 Å². The highest BCUT2D eigenvalue weighted by Gasteiger charge is 2.40. The predicted octanol–water partition coefficient (Wildman–Crippen LogP) is 17.1. The van der Waals surface area contributed by atoms with Crippen LogP contribution in [0.2, 0.25) is 0 Å². The Morgan fingerprint density at radius 3 is 1.04 bits per heavy atom. The minimum Gasteiger partial charge on any atom is -0.491 e. The quantitative estimate of drug-likeness (QED) is 0.0153. The summed E-state index contributed by atoms with van der Waals surface area (Å²) in [6.07, 6.45) is 28.6. The number of nitrogens with one attached hydrogen (secondary N) is 4. The minimum atomic E-state index is -0.523. The smallest absolute Gasteiger partial charge is 0.407 e. The molecule has 3 saturated carbocycles. The fourth-order valence-electron chi connectivity index (χ4n) is 20.4. The molecule has 3 aliphatic carbocycles. The van der Waals surface area contributed by atoms with E-state index in [1.165, 1.54) is 90.6 Å². The van der Waals surface area contributed by atoms with Crippen LogP contribution in [0.25, 0.3) is 0 Å². The molecule has 14 rings (SSSR count). The van der Waals surface area contributed by atoms with Crippen molar-refractivity contribution in [3.63, 3.8) is 0 Å². The van der Waals surface area contributed by atoms with E-state index >= 15 is 0 Å². The second-order valence-electron chi connectivity index (χ2n) is 37.7. The Balaban J connectivity index is 0.000000192. The molecule has 134 heavy (non-hydrogen) atoms. The molecule has 8 N–H and O–H groups in total. The molecule has 6 unspecified atom stereocenters. The molecule has 0 spiro atoms. The maximum absolute atomic E-state index is 13.2. The lowest BCUT2D eigenvalue weighted by molar-refractivity contribution is -0.00246. The largest absolute Gasteiger partial charge is 0.491 e. The van der Waals surface area contributed by atoms with E-state index in [9.17, 15) is 38.4 Å². The molecule has 8 aromatic rings. The van der Waals surface area contributed by atoms with Crippen molar-refractivity contribution in [3.8, 4) is 5.75 Å². The van der Waals surface area contributed by atoms with Gasteiger partial charge in [-0.3, -0.25) is 28.8 Å². The number of methoxy groups -OCH3 is 4. The first-order valence-corrected chi connectivity index (χ1v) is 49.5. The molecule has 0 aromatic heterocycles. The van der Waals surface area contributed by atoms with Gasteiger partial charge in [-0.05, 0) is 143 Å². The monoisotopic (exact) mass is 1870 g/mol. The van der Waals surface area contributed by atoms with Gasteiger partial charge in [0.15, 0.2) is 5.75 Å². The number of ether oxygens (including phenoxy) is 9. The number of nitrogens with two attached hydrogens (primary N) is 2. The summed E-state index contributed by atoms with van der Waals surface area (Å²) in [7, 11) is 6.52. The Kier molecular flexibility index (Phi) is 45.4. The summed E-state index contributed by atoms with van der Waals surface area (Å²) in [5.74, 6) is 2.64. The molecule has 8 aromatic carbocycles. The fraction of sp³-hybridized carbons (Fsp3) is 0.589. The van der Waals surface area contributed by atoms with E-state index in [0.717, 1.165) is 131 Å². The third-order valence-corrected chi connectivity index (χ3v) is 27.8. The van der Waals surface area contributed by atoms with Crippen LogP contribution in [-0.2, 0) is 51.1 Å². The molecule has 3 saturated heterocycles. The molecule has 734 valence electrons. The molecule has 27 heteroatoms. The highest BCUT2D eigenvalue weighted by molar-refractivity contribution is 5.85. The number of hydrogen-bond acceptors (Lipinski definition) is 24. The lowest BCUT2D eigenvalue weighted by Crippen LogP contribution is -2.51. The summed E-state index contributed by atoms with van der Waals surface area (Å²) >= 11 is 0. The molecule has 3 heterocycles. The molecule has 6 fully saturated rings. The van der Waals surface area contributed by atoms with Crippen LogP contribution in [0.1, 0.15) is 240 Å². The number of carbonyl (C=O) groups excluding carboxylic acids is 2. The molecule has 2 amide bonds. The van der Waals surface area contributed by atoms with Gasteiger partial charge >= 0.3 is 12.2 Å². The topological polar surface area (TPSA) is 330 Å². The van der Waals surface area contributed by atoms with Gasteiger partial charge in [-0.1, -0.05) is 248 Å². The average molecular weight is 1870 g/mol. The summed E-state index contributed by atoms with van der Waals surface area (Å²) in [6, 6.07) is 49.3. The van der Waals surface area contributed by atoms with Crippen LogP contribution in [0, 0.1) is 35.5 Å². The number of piperidine rings is 3. The number of hydrogen-bond donors (Lipinski definition) is 6. The second-order valence-corrected chi connectivity index (χ2v) is 37.7. The van der Waals surface area contributed by atoms with Crippen LogP contribution >= 0.6 is 12.4 Å². The van der Waals surface area contributed by atoms with Gasteiger partial charge in [0.25, 0.3) is 32.6 Å². The predicted molar refractivity (Wildman–Crippen MR) is 536 cm³/mol. The first-order chi connectivity index (χ1) is 64.7. The van der Waals surface area contributed by atoms with Crippen molar-refractivity contribution in [2.45, 2.75) is 262 Å². The summed E-state index contributed by atoms with van der Waals surface area (Å²) in [5, 5.41) is 12.8. The molecule has 0 bridgehead atoms. The lowest BCUT2D eigenvalue weighted by Gasteiger charge is -2.40. The van der Waals surface area contributed by atoms with Gasteiger partial charge in [0.1, 0.15) is 41.7 Å². The van der Waals surface area contributed by atoms with Gasteiger partial charge in [0.05, 0.1) is 25.4 Å². The highest BCUT2D eigenvalue weighted by Crippen LogP contribution is 2.42. The van der Waals surface area contributed by atoms with Crippen LogP contribution in [0.4, 0.5) is 38.0 Å². The molecule has 3 aliphatic heterocycles. The normalized spacial score (nSPS) is 19.5. The third-order valence-electron chi connectivity index (χ3n) is 27.8. The van der Waals surface area contributed by atoms with E-state index in [-0.39, 0.29) is 109 Å². The van der Waals surface area contributed by atoms with Gasteiger partial charge < -0.3 is 90.1 Å². The van der Waals surface area contributed by atoms with E-state index in [1.807, 2.05) is 141 Å². The van der Waals surface area contributed by atoms with E-state index in [1.54, 1.807) is 21.3 Å². The zero-order valence-corrected chi connectivity index (χ0v) is 81.2.